The van der Waals surface area contributed by atoms with Gasteiger partial charge in [0.05, 0.1) is 33.8 Å². The average molecular weight is 759 g/mol. The van der Waals surface area contributed by atoms with Gasteiger partial charge in [0.15, 0.2) is 17.5 Å². The summed E-state index contributed by atoms with van der Waals surface area (Å²) in [5.41, 5.74) is 7.10. The highest BCUT2D eigenvalue weighted by atomic mass is 32.1. The Balaban J connectivity index is 1.43. The number of nitrogens with zero attached hydrogens (tertiary/aromatic N) is 6. The number of anilines is 3. The highest BCUT2D eigenvalue weighted by Crippen LogP contribution is 2.54. The normalized spacial score (nSPS) is 20.7. The third-order valence-electron chi connectivity index (χ3n) is 10.4. The van der Waals surface area contributed by atoms with Crippen LogP contribution >= 0.6 is 11.3 Å². The van der Waals surface area contributed by atoms with Crippen LogP contribution in [0, 0.1) is 28.8 Å². The molecule has 3 aromatic heterocycles. The lowest BCUT2D eigenvalue weighted by Gasteiger charge is -2.32. The number of fused-ring (bicyclic) bond motifs is 2. The van der Waals surface area contributed by atoms with E-state index < -0.39 is 96.4 Å². The molecule has 0 unspecified atom stereocenters. The molecule has 0 radical (unpaired) electrons. The molecular weight excluding hydrogens is 729 g/mol. The lowest BCUT2D eigenvalue weighted by atomic mass is 9.91. The van der Waals surface area contributed by atoms with E-state index in [2.05, 4.69) is 15.0 Å². The number of nitrogens with two attached hydrogens (primary N) is 2. The van der Waals surface area contributed by atoms with Gasteiger partial charge in [-0.15, -0.1) is 11.3 Å². The molecule has 2 saturated heterocycles. The largest absolute Gasteiger partial charge is 0.490 e. The minimum absolute atomic E-state index is 0.0830. The van der Waals surface area contributed by atoms with E-state index in [0.29, 0.717) is 35.9 Å². The number of rotatable bonds is 6. The Kier molecular flexibility index (Phi) is 8.22. The van der Waals surface area contributed by atoms with Crippen molar-refractivity contribution in [2.45, 2.75) is 50.1 Å². The summed E-state index contributed by atoms with van der Waals surface area (Å²) in [5, 5.41) is 8.61. The molecule has 0 amide bonds. The molecule has 2 fully saturated rings. The van der Waals surface area contributed by atoms with Crippen LogP contribution in [0.4, 0.5) is 47.4 Å². The first-order chi connectivity index (χ1) is 25.2. The van der Waals surface area contributed by atoms with Crippen molar-refractivity contribution in [3.05, 3.63) is 58.5 Å². The Morgan fingerprint density at radius 3 is 2.70 bits per heavy atom. The van der Waals surface area contributed by atoms with Crippen LogP contribution in [0.15, 0.2) is 24.4 Å². The molecule has 18 heteroatoms. The zero-order valence-electron chi connectivity index (χ0n) is 27.8. The molecule has 6 heterocycles. The zero-order chi connectivity index (χ0) is 37.6. The Morgan fingerprint density at radius 1 is 1.17 bits per heavy atom. The lowest BCUT2D eigenvalue weighted by molar-refractivity contribution is -0.138. The Morgan fingerprint density at radius 2 is 1.96 bits per heavy atom. The molecule has 53 heavy (non-hydrogen) atoms. The number of halogens is 7. The number of ether oxygens (including phenoxy) is 2. The Bertz CT molecular complexity index is 2370. The van der Waals surface area contributed by atoms with Crippen LogP contribution in [0.25, 0.3) is 32.1 Å². The maximum Gasteiger partial charge on any atom is 0.420 e. The van der Waals surface area contributed by atoms with Crippen molar-refractivity contribution in [2.75, 3.05) is 49.2 Å². The molecule has 0 spiro atoms. The fourth-order valence-corrected chi connectivity index (χ4v) is 9.04. The first-order valence-corrected chi connectivity index (χ1v) is 17.4. The quantitative estimate of drug-likeness (QED) is 0.170. The van der Waals surface area contributed by atoms with E-state index >= 15 is 26.3 Å². The number of alkyl halides is 4. The van der Waals surface area contributed by atoms with Crippen molar-refractivity contribution in [1.82, 2.24) is 19.9 Å². The second kappa shape index (κ2) is 12.5. The van der Waals surface area contributed by atoms with Gasteiger partial charge in [-0.25, -0.2) is 22.5 Å². The van der Waals surface area contributed by atoms with Crippen molar-refractivity contribution in [2.24, 2.45) is 0 Å². The van der Waals surface area contributed by atoms with Crippen LogP contribution in [0.5, 0.6) is 11.8 Å². The summed E-state index contributed by atoms with van der Waals surface area (Å²) in [6.45, 7) is 2.01. The van der Waals surface area contributed by atoms with Crippen LogP contribution < -0.4 is 25.8 Å². The van der Waals surface area contributed by atoms with Gasteiger partial charge in [0.25, 0.3) is 0 Å². The number of pyridine rings is 1. The van der Waals surface area contributed by atoms with Crippen molar-refractivity contribution in [3.63, 3.8) is 0 Å². The van der Waals surface area contributed by atoms with Gasteiger partial charge in [-0.1, -0.05) is 6.07 Å². The van der Waals surface area contributed by atoms with E-state index in [1.165, 1.54) is 6.20 Å². The van der Waals surface area contributed by atoms with Gasteiger partial charge in [-0.05, 0) is 44.0 Å². The predicted molar refractivity (Wildman–Crippen MR) is 183 cm³/mol. The van der Waals surface area contributed by atoms with E-state index in [1.807, 2.05) is 4.90 Å². The van der Waals surface area contributed by atoms with Gasteiger partial charge in [0.2, 0.25) is 0 Å². The molecule has 0 bridgehead atoms. The first-order valence-electron chi connectivity index (χ1n) is 16.6. The SMILES string of the molecule is C[C@H](c1cccnc1N)N1CCOc2c(C(F)(F)F)c(-c3cc(F)c(F)c4sc(N)c(C#N)c34)c(F)c3nc(OC[C@@]45CCCN4C[C@H](F)C5)nc1c23. The Labute approximate surface area is 300 Å². The fraction of sp³-hybridized carbons (Fsp3) is 0.371. The van der Waals surface area contributed by atoms with Crippen LogP contribution in [0.2, 0.25) is 0 Å². The highest BCUT2D eigenvalue weighted by molar-refractivity contribution is 7.23. The maximum atomic E-state index is 17.4. The monoisotopic (exact) mass is 758 g/mol. The molecule has 10 nitrogen and oxygen atoms in total. The molecular formula is C35H29F7N8O2S. The summed E-state index contributed by atoms with van der Waals surface area (Å²) in [5.74, 6) is -5.56. The van der Waals surface area contributed by atoms with Gasteiger partial charge in [-0.2, -0.15) is 28.4 Å². The van der Waals surface area contributed by atoms with E-state index in [4.69, 9.17) is 20.9 Å². The summed E-state index contributed by atoms with van der Waals surface area (Å²) in [6.07, 6.45) is -3.40. The molecule has 4 N–H and O–H groups in total. The Hall–Kier alpha value is -5.15. The summed E-state index contributed by atoms with van der Waals surface area (Å²) in [7, 11) is 0. The minimum atomic E-state index is -5.36. The molecule has 8 rings (SSSR count). The molecule has 0 aliphatic carbocycles. The van der Waals surface area contributed by atoms with Crippen LogP contribution in [0.1, 0.15) is 48.9 Å². The van der Waals surface area contributed by atoms with Crippen LogP contribution in [-0.4, -0.2) is 64.4 Å². The van der Waals surface area contributed by atoms with Crippen LogP contribution in [0.3, 0.4) is 0 Å². The van der Waals surface area contributed by atoms with Gasteiger partial charge in [0, 0.05) is 35.7 Å². The zero-order valence-corrected chi connectivity index (χ0v) is 28.6. The number of benzene rings is 2. The van der Waals surface area contributed by atoms with E-state index in [1.54, 1.807) is 30.0 Å². The van der Waals surface area contributed by atoms with Crippen molar-refractivity contribution in [1.29, 1.82) is 5.26 Å². The summed E-state index contributed by atoms with van der Waals surface area (Å²) >= 11 is 0.440. The van der Waals surface area contributed by atoms with Gasteiger partial charge in [0.1, 0.15) is 58.9 Å². The average Bonchev–Trinajstić information content (AvgIpc) is 3.71. The predicted octanol–water partition coefficient (Wildman–Crippen LogP) is 7.29. The molecule has 3 aliphatic heterocycles. The molecule has 0 saturated carbocycles. The second-order valence-electron chi connectivity index (χ2n) is 13.4. The van der Waals surface area contributed by atoms with Gasteiger partial charge >= 0.3 is 12.2 Å². The molecule has 3 atom stereocenters. The smallest absolute Gasteiger partial charge is 0.420 e. The summed E-state index contributed by atoms with van der Waals surface area (Å²) in [6, 6.07) is 4.30. The number of nitriles is 1. The standard InChI is InChI=1S/C35H29F7N8O2S/c1-15(17-4-2-6-46-30(17)44)50-8-9-51-28-23-27(47-33(48-32(23)50)52-14-34-5-3-7-49(34)13-16(36)11-34)26(39)22(24(28)35(40,41)42)18-10-20(37)25(38)29-21(18)19(12-43)31(45)53-29/h2,4,6,10,15-16H,3,5,7-9,11,13-14,45H2,1H3,(H2,44,46)/t15-,16-,34+/m1/s1. The molecule has 3 aliphatic rings. The van der Waals surface area contributed by atoms with Crippen molar-refractivity contribution in [3.8, 4) is 29.0 Å². The molecule has 5 aromatic rings. The summed E-state index contributed by atoms with van der Waals surface area (Å²) < 4.78 is 120. The van der Waals surface area contributed by atoms with Gasteiger partial charge in [-0.3, -0.25) is 4.90 Å². The molecule has 276 valence electrons. The van der Waals surface area contributed by atoms with E-state index in [9.17, 15) is 9.65 Å². The fourth-order valence-electron chi connectivity index (χ4n) is 8.07. The lowest BCUT2D eigenvalue weighted by Crippen LogP contribution is -2.43. The van der Waals surface area contributed by atoms with E-state index in [0.717, 1.165) is 6.42 Å². The number of hydrogen-bond donors (Lipinski definition) is 2. The van der Waals surface area contributed by atoms with Crippen LogP contribution in [-0.2, 0) is 6.18 Å². The maximum absolute atomic E-state index is 17.4. The number of nitrogen functional groups attached to an aromatic ring is 2. The van der Waals surface area contributed by atoms with Gasteiger partial charge < -0.3 is 25.8 Å². The topological polar surface area (TPSA) is 139 Å². The van der Waals surface area contributed by atoms with Crippen molar-refractivity contribution < 1.29 is 40.2 Å². The highest BCUT2D eigenvalue weighted by Gasteiger charge is 2.50. The van der Waals surface area contributed by atoms with E-state index in [-0.39, 0.29) is 49.4 Å². The second-order valence-corrected chi connectivity index (χ2v) is 14.4. The molecule has 2 aromatic carbocycles. The number of thiophene rings is 1. The van der Waals surface area contributed by atoms with Crippen molar-refractivity contribution >= 4 is 49.0 Å². The number of hydrogen-bond acceptors (Lipinski definition) is 11. The summed E-state index contributed by atoms with van der Waals surface area (Å²) in [4.78, 5) is 16.5. The first kappa shape index (κ1) is 34.9. The third-order valence-corrected chi connectivity index (χ3v) is 11.4. The number of aromatic nitrogens is 3. The third kappa shape index (κ3) is 5.42. The minimum Gasteiger partial charge on any atom is -0.490 e.